The van der Waals surface area contributed by atoms with Gasteiger partial charge in [-0.2, -0.15) is 0 Å². The van der Waals surface area contributed by atoms with Gasteiger partial charge in [0, 0.05) is 24.6 Å². The summed E-state index contributed by atoms with van der Waals surface area (Å²) >= 11 is 0. The van der Waals surface area contributed by atoms with E-state index in [1.807, 2.05) is 0 Å². The van der Waals surface area contributed by atoms with E-state index in [1.165, 1.54) is 13.0 Å². The van der Waals surface area contributed by atoms with Crippen molar-refractivity contribution in [3.63, 3.8) is 0 Å². The Balaban J connectivity index is 2.02. The van der Waals surface area contributed by atoms with E-state index in [0.29, 0.717) is 0 Å². The Morgan fingerprint density at radius 3 is 2.78 bits per heavy atom. The number of carbonyl (C=O) groups excluding carboxylic acids is 1. The zero-order chi connectivity index (χ0) is 13.2. The fourth-order valence-corrected chi connectivity index (χ4v) is 1.79. The standard InChI is InChI=1S/C13H17FN2O2/c1-9(17)16-12-5-10(3-4-11(12)14)15-6-13(2)7-18-8-13/h3-5,15H,6-8H2,1-2H3,(H,16,17). The number of amides is 1. The van der Waals surface area contributed by atoms with Crippen LogP contribution >= 0.6 is 0 Å². The van der Waals surface area contributed by atoms with Gasteiger partial charge < -0.3 is 15.4 Å². The van der Waals surface area contributed by atoms with Gasteiger partial charge in [0.25, 0.3) is 0 Å². The van der Waals surface area contributed by atoms with Crippen LogP contribution in [0.15, 0.2) is 18.2 Å². The molecule has 4 nitrogen and oxygen atoms in total. The van der Waals surface area contributed by atoms with Gasteiger partial charge in [0.05, 0.1) is 18.9 Å². The van der Waals surface area contributed by atoms with E-state index in [4.69, 9.17) is 4.74 Å². The molecule has 0 unspecified atom stereocenters. The second-order valence-electron chi connectivity index (χ2n) is 5.03. The van der Waals surface area contributed by atoms with Crippen molar-refractivity contribution in [2.24, 2.45) is 5.41 Å². The lowest BCUT2D eigenvalue weighted by atomic mass is 9.89. The predicted molar refractivity (Wildman–Crippen MR) is 68.1 cm³/mol. The summed E-state index contributed by atoms with van der Waals surface area (Å²) in [7, 11) is 0. The highest BCUT2D eigenvalue weighted by Gasteiger charge is 2.32. The Bertz CT molecular complexity index is 458. The number of carbonyl (C=O) groups is 1. The molecule has 1 heterocycles. The lowest BCUT2D eigenvalue weighted by Crippen LogP contribution is -2.45. The summed E-state index contributed by atoms with van der Waals surface area (Å²) in [5.74, 6) is -0.723. The van der Waals surface area contributed by atoms with Crippen molar-refractivity contribution >= 4 is 17.3 Å². The van der Waals surface area contributed by atoms with Crippen molar-refractivity contribution in [3.8, 4) is 0 Å². The minimum absolute atomic E-state index is 0.141. The number of hydrogen-bond donors (Lipinski definition) is 2. The second kappa shape index (κ2) is 4.94. The first-order valence-corrected chi connectivity index (χ1v) is 5.87. The monoisotopic (exact) mass is 252 g/mol. The summed E-state index contributed by atoms with van der Waals surface area (Å²) in [4.78, 5) is 10.9. The van der Waals surface area contributed by atoms with Crippen LogP contribution in [0.3, 0.4) is 0 Å². The van der Waals surface area contributed by atoms with Gasteiger partial charge in [0.1, 0.15) is 5.82 Å². The molecule has 0 aromatic heterocycles. The number of halogens is 1. The van der Waals surface area contributed by atoms with Gasteiger partial charge in [0.2, 0.25) is 5.91 Å². The van der Waals surface area contributed by atoms with E-state index in [0.717, 1.165) is 25.4 Å². The van der Waals surface area contributed by atoms with E-state index < -0.39 is 5.82 Å². The van der Waals surface area contributed by atoms with Gasteiger partial charge in [-0.1, -0.05) is 6.92 Å². The highest BCUT2D eigenvalue weighted by molar-refractivity contribution is 5.89. The van der Waals surface area contributed by atoms with Gasteiger partial charge in [-0.15, -0.1) is 0 Å². The van der Waals surface area contributed by atoms with Gasteiger partial charge in [-0.25, -0.2) is 4.39 Å². The fraction of sp³-hybridized carbons (Fsp3) is 0.462. The van der Waals surface area contributed by atoms with Crippen LogP contribution in [0.25, 0.3) is 0 Å². The third-order valence-electron chi connectivity index (χ3n) is 2.90. The summed E-state index contributed by atoms with van der Waals surface area (Å²) in [6.07, 6.45) is 0. The molecule has 0 saturated carbocycles. The summed E-state index contributed by atoms with van der Waals surface area (Å²) in [6.45, 7) is 5.71. The molecule has 1 aliphatic rings. The molecule has 1 aromatic carbocycles. The van der Waals surface area contributed by atoms with Crippen LogP contribution in [0.2, 0.25) is 0 Å². The fourth-order valence-electron chi connectivity index (χ4n) is 1.79. The summed E-state index contributed by atoms with van der Waals surface area (Å²) in [5.41, 5.74) is 1.12. The number of hydrogen-bond acceptors (Lipinski definition) is 3. The Morgan fingerprint density at radius 2 is 2.22 bits per heavy atom. The number of nitrogens with one attached hydrogen (secondary N) is 2. The number of rotatable bonds is 4. The molecule has 1 saturated heterocycles. The molecule has 98 valence electrons. The van der Waals surface area contributed by atoms with Gasteiger partial charge in [0.15, 0.2) is 0 Å². The quantitative estimate of drug-likeness (QED) is 0.864. The zero-order valence-electron chi connectivity index (χ0n) is 10.5. The van der Waals surface area contributed by atoms with Crippen molar-refractivity contribution < 1.29 is 13.9 Å². The maximum atomic E-state index is 13.4. The molecule has 0 aliphatic carbocycles. The van der Waals surface area contributed by atoms with E-state index in [1.54, 1.807) is 12.1 Å². The highest BCUT2D eigenvalue weighted by Crippen LogP contribution is 2.27. The molecule has 5 heteroatoms. The topological polar surface area (TPSA) is 50.4 Å². The molecule has 0 atom stereocenters. The molecule has 1 aromatic rings. The van der Waals surface area contributed by atoms with Crippen molar-refractivity contribution in [1.29, 1.82) is 0 Å². The number of ether oxygens (including phenoxy) is 1. The molecule has 1 fully saturated rings. The van der Waals surface area contributed by atoms with Gasteiger partial charge in [-0.3, -0.25) is 4.79 Å². The van der Waals surface area contributed by atoms with Gasteiger partial charge >= 0.3 is 0 Å². The Hall–Kier alpha value is -1.62. The van der Waals surface area contributed by atoms with Crippen LogP contribution in [-0.2, 0) is 9.53 Å². The molecule has 1 aliphatic heterocycles. The summed E-state index contributed by atoms with van der Waals surface area (Å²) in [5, 5.41) is 5.69. The Labute approximate surface area is 106 Å². The lowest BCUT2D eigenvalue weighted by molar-refractivity contribution is -0.114. The molecule has 18 heavy (non-hydrogen) atoms. The van der Waals surface area contributed by atoms with Crippen LogP contribution in [-0.4, -0.2) is 25.7 Å². The van der Waals surface area contributed by atoms with Crippen molar-refractivity contribution in [2.45, 2.75) is 13.8 Å². The highest BCUT2D eigenvalue weighted by atomic mass is 19.1. The third-order valence-corrected chi connectivity index (χ3v) is 2.90. The molecule has 0 spiro atoms. The van der Waals surface area contributed by atoms with Crippen LogP contribution in [0, 0.1) is 11.2 Å². The van der Waals surface area contributed by atoms with E-state index in [9.17, 15) is 9.18 Å². The summed E-state index contributed by atoms with van der Waals surface area (Å²) < 4.78 is 18.6. The first-order chi connectivity index (χ1) is 8.48. The molecule has 1 amide bonds. The van der Waals surface area contributed by atoms with E-state index >= 15 is 0 Å². The van der Waals surface area contributed by atoms with Crippen molar-refractivity contribution in [2.75, 3.05) is 30.4 Å². The normalized spacial score (nSPS) is 16.8. The van der Waals surface area contributed by atoms with E-state index in [-0.39, 0.29) is 17.0 Å². The third kappa shape index (κ3) is 2.98. The molecular formula is C13H17FN2O2. The minimum Gasteiger partial charge on any atom is -0.384 e. The zero-order valence-corrected chi connectivity index (χ0v) is 10.5. The Kier molecular flexibility index (Phi) is 3.52. The second-order valence-corrected chi connectivity index (χ2v) is 5.03. The SMILES string of the molecule is CC(=O)Nc1cc(NCC2(C)COC2)ccc1F. The van der Waals surface area contributed by atoms with Crippen LogP contribution < -0.4 is 10.6 Å². The maximum Gasteiger partial charge on any atom is 0.221 e. The maximum absolute atomic E-state index is 13.4. The minimum atomic E-state index is -0.436. The average molecular weight is 252 g/mol. The average Bonchev–Trinajstić information content (AvgIpc) is 2.27. The largest absolute Gasteiger partial charge is 0.384 e. The van der Waals surface area contributed by atoms with Crippen LogP contribution in [0.1, 0.15) is 13.8 Å². The van der Waals surface area contributed by atoms with E-state index in [2.05, 4.69) is 17.6 Å². The van der Waals surface area contributed by atoms with Crippen LogP contribution in [0.5, 0.6) is 0 Å². The van der Waals surface area contributed by atoms with Crippen molar-refractivity contribution in [1.82, 2.24) is 0 Å². The molecular weight excluding hydrogens is 235 g/mol. The van der Waals surface area contributed by atoms with Gasteiger partial charge in [-0.05, 0) is 18.2 Å². The number of anilines is 2. The molecule has 2 rings (SSSR count). The number of benzene rings is 1. The molecule has 2 N–H and O–H groups in total. The smallest absolute Gasteiger partial charge is 0.221 e. The first kappa shape index (κ1) is 12.8. The van der Waals surface area contributed by atoms with Crippen LogP contribution in [0.4, 0.5) is 15.8 Å². The van der Waals surface area contributed by atoms with Crippen molar-refractivity contribution in [3.05, 3.63) is 24.0 Å². The molecule has 0 bridgehead atoms. The lowest BCUT2D eigenvalue weighted by Gasteiger charge is -2.38. The summed E-state index contributed by atoms with van der Waals surface area (Å²) in [6, 6.07) is 4.59. The molecule has 0 radical (unpaired) electrons. The Morgan fingerprint density at radius 1 is 1.50 bits per heavy atom. The predicted octanol–water partition coefficient (Wildman–Crippen LogP) is 2.23. The first-order valence-electron chi connectivity index (χ1n) is 5.87.